The molecular formula is C19H13BrF3N5OS. The van der Waals surface area contributed by atoms with Gasteiger partial charge in [-0.3, -0.25) is 0 Å². The van der Waals surface area contributed by atoms with Crippen LogP contribution >= 0.6 is 27.7 Å². The molecule has 0 fully saturated rings. The van der Waals surface area contributed by atoms with Crippen LogP contribution in [0.4, 0.5) is 30.8 Å². The number of nitrogen functional groups attached to an aromatic ring is 1. The van der Waals surface area contributed by atoms with Crippen molar-refractivity contribution in [3.05, 3.63) is 58.2 Å². The normalized spacial score (nSPS) is 11.8. The molecule has 0 aliphatic heterocycles. The van der Waals surface area contributed by atoms with Crippen molar-refractivity contribution in [1.82, 2.24) is 15.0 Å². The Hall–Kier alpha value is -2.79. The maximum absolute atomic E-state index is 13.0. The summed E-state index contributed by atoms with van der Waals surface area (Å²) in [7, 11) is 0. The van der Waals surface area contributed by atoms with Gasteiger partial charge in [0.1, 0.15) is 10.5 Å². The summed E-state index contributed by atoms with van der Waals surface area (Å²) < 4.78 is 44.7. The Bertz CT molecular complexity index is 1210. The molecule has 2 heterocycles. The molecule has 0 unspecified atom stereocenters. The van der Waals surface area contributed by atoms with Crippen LogP contribution in [0.2, 0.25) is 0 Å². The standard InChI is InChI=1S/C19H13BrF3N5OS/c1-9-6-15(28-17(24)25-9)30-12-4-2-11(3-5-12)26-18-27-14-8-10(19(21,22)23)7-13(20)16(14)29-18/h2-8H,1H3,(H,26,27)(H2,24,25,28). The van der Waals surface area contributed by atoms with Crippen LogP contribution in [0.5, 0.6) is 0 Å². The Kier molecular flexibility index (Phi) is 5.33. The van der Waals surface area contributed by atoms with E-state index in [1.807, 2.05) is 25.1 Å². The number of hydrogen-bond donors (Lipinski definition) is 2. The van der Waals surface area contributed by atoms with E-state index >= 15 is 0 Å². The molecule has 2 aromatic carbocycles. The number of oxazole rings is 1. The highest BCUT2D eigenvalue weighted by atomic mass is 79.9. The summed E-state index contributed by atoms with van der Waals surface area (Å²) in [5.74, 6) is 0.214. The average Bonchev–Trinajstić information content (AvgIpc) is 3.05. The van der Waals surface area contributed by atoms with Gasteiger partial charge in [0.2, 0.25) is 5.95 Å². The predicted molar refractivity (Wildman–Crippen MR) is 112 cm³/mol. The minimum absolute atomic E-state index is 0.0876. The quantitative estimate of drug-likeness (QED) is 0.326. The van der Waals surface area contributed by atoms with Crippen molar-refractivity contribution in [2.24, 2.45) is 0 Å². The van der Waals surface area contributed by atoms with E-state index in [-0.39, 0.29) is 27.5 Å². The number of anilines is 3. The number of benzene rings is 2. The van der Waals surface area contributed by atoms with Crippen LogP contribution in [-0.2, 0) is 6.18 Å². The molecule has 0 saturated carbocycles. The number of halogens is 4. The molecular weight excluding hydrogens is 483 g/mol. The summed E-state index contributed by atoms with van der Waals surface area (Å²) in [6, 6.07) is 11.1. The van der Waals surface area contributed by atoms with Crippen LogP contribution in [0, 0.1) is 6.92 Å². The second-order valence-corrected chi connectivity index (χ2v) is 8.23. The van der Waals surface area contributed by atoms with Crippen LogP contribution in [0.3, 0.4) is 0 Å². The van der Waals surface area contributed by atoms with E-state index in [0.29, 0.717) is 5.69 Å². The molecule has 0 aliphatic carbocycles. The van der Waals surface area contributed by atoms with Crippen LogP contribution < -0.4 is 11.1 Å². The van der Waals surface area contributed by atoms with E-state index in [0.717, 1.165) is 27.7 Å². The van der Waals surface area contributed by atoms with E-state index in [4.69, 9.17) is 10.2 Å². The van der Waals surface area contributed by atoms with Gasteiger partial charge < -0.3 is 15.5 Å². The smallest absolute Gasteiger partial charge is 0.416 e. The zero-order chi connectivity index (χ0) is 21.5. The molecule has 4 aromatic rings. The van der Waals surface area contributed by atoms with Crippen LogP contribution in [0.15, 0.2) is 61.3 Å². The van der Waals surface area contributed by atoms with Crippen molar-refractivity contribution >= 4 is 56.4 Å². The maximum Gasteiger partial charge on any atom is 0.416 e. The van der Waals surface area contributed by atoms with Gasteiger partial charge in [-0.05, 0) is 65.3 Å². The lowest BCUT2D eigenvalue weighted by Gasteiger charge is -2.06. The molecule has 0 spiro atoms. The minimum Gasteiger partial charge on any atom is -0.422 e. The molecule has 11 heteroatoms. The fourth-order valence-corrected chi connectivity index (χ4v) is 4.09. The molecule has 0 bridgehead atoms. The first-order valence-electron chi connectivity index (χ1n) is 8.51. The number of fused-ring (bicyclic) bond motifs is 1. The van der Waals surface area contributed by atoms with Gasteiger partial charge in [0.25, 0.3) is 6.01 Å². The Labute approximate surface area is 181 Å². The van der Waals surface area contributed by atoms with E-state index in [9.17, 15) is 13.2 Å². The molecule has 4 rings (SSSR count). The molecule has 2 aromatic heterocycles. The maximum atomic E-state index is 13.0. The third-order valence-corrected chi connectivity index (χ3v) is 5.46. The largest absolute Gasteiger partial charge is 0.422 e. The lowest BCUT2D eigenvalue weighted by Crippen LogP contribution is -2.04. The molecule has 30 heavy (non-hydrogen) atoms. The second-order valence-electron chi connectivity index (χ2n) is 6.28. The third kappa shape index (κ3) is 4.51. The molecule has 0 atom stereocenters. The molecule has 0 amide bonds. The van der Waals surface area contributed by atoms with E-state index in [2.05, 4.69) is 36.2 Å². The highest BCUT2D eigenvalue weighted by molar-refractivity contribution is 9.10. The van der Waals surface area contributed by atoms with Crippen molar-refractivity contribution in [3.63, 3.8) is 0 Å². The van der Waals surface area contributed by atoms with Crippen LogP contribution in [0.1, 0.15) is 11.3 Å². The van der Waals surface area contributed by atoms with Crippen molar-refractivity contribution in [1.29, 1.82) is 0 Å². The summed E-state index contributed by atoms with van der Waals surface area (Å²) in [6.07, 6.45) is -4.47. The van der Waals surface area contributed by atoms with E-state index < -0.39 is 11.7 Å². The summed E-state index contributed by atoms with van der Waals surface area (Å²) in [5, 5.41) is 3.68. The SMILES string of the molecule is Cc1cc(Sc2ccc(Nc3nc4cc(C(F)(F)F)cc(Br)c4o3)cc2)nc(N)n1. The van der Waals surface area contributed by atoms with Gasteiger partial charge in [0.15, 0.2) is 5.58 Å². The minimum atomic E-state index is -4.47. The summed E-state index contributed by atoms with van der Waals surface area (Å²) in [5.41, 5.74) is 6.64. The fraction of sp³-hybridized carbons (Fsp3) is 0.105. The Balaban J connectivity index is 1.53. The number of aryl methyl sites for hydroxylation is 1. The Morgan fingerprint density at radius 1 is 1.07 bits per heavy atom. The number of alkyl halides is 3. The van der Waals surface area contributed by atoms with Crippen molar-refractivity contribution in [3.8, 4) is 0 Å². The van der Waals surface area contributed by atoms with Gasteiger partial charge in [-0.2, -0.15) is 18.2 Å². The monoisotopic (exact) mass is 495 g/mol. The lowest BCUT2D eigenvalue weighted by atomic mass is 10.2. The van der Waals surface area contributed by atoms with Crippen molar-refractivity contribution in [2.75, 3.05) is 11.1 Å². The van der Waals surface area contributed by atoms with Gasteiger partial charge in [-0.1, -0.05) is 11.8 Å². The van der Waals surface area contributed by atoms with Crippen molar-refractivity contribution in [2.45, 2.75) is 23.0 Å². The molecule has 0 aliphatic rings. The average molecular weight is 496 g/mol. The van der Waals surface area contributed by atoms with Crippen LogP contribution in [-0.4, -0.2) is 15.0 Å². The highest BCUT2D eigenvalue weighted by Crippen LogP contribution is 2.36. The van der Waals surface area contributed by atoms with Gasteiger partial charge in [0, 0.05) is 16.3 Å². The van der Waals surface area contributed by atoms with Gasteiger partial charge >= 0.3 is 6.18 Å². The molecule has 6 nitrogen and oxygen atoms in total. The van der Waals surface area contributed by atoms with Gasteiger partial charge in [0.05, 0.1) is 10.0 Å². The highest BCUT2D eigenvalue weighted by Gasteiger charge is 2.32. The molecule has 154 valence electrons. The van der Waals surface area contributed by atoms with Crippen LogP contribution in [0.25, 0.3) is 11.1 Å². The number of nitrogens with two attached hydrogens (primary N) is 1. The Morgan fingerprint density at radius 2 is 1.80 bits per heavy atom. The predicted octanol–water partition coefficient (Wildman–Crippen LogP) is 6.18. The van der Waals surface area contributed by atoms with E-state index in [1.54, 1.807) is 12.1 Å². The fourth-order valence-electron chi connectivity index (χ4n) is 2.67. The third-order valence-electron chi connectivity index (χ3n) is 3.95. The summed E-state index contributed by atoms with van der Waals surface area (Å²) in [6.45, 7) is 1.84. The van der Waals surface area contributed by atoms with E-state index in [1.165, 1.54) is 11.8 Å². The first-order valence-corrected chi connectivity index (χ1v) is 10.1. The summed E-state index contributed by atoms with van der Waals surface area (Å²) in [4.78, 5) is 13.3. The molecule has 0 radical (unpaired) electrons. The van der Waals surface area contributed by atoms with Gasteiger partial charge in [-0.15, -0.1) is 0 Å². The second kappa shape index (κ2) is 7.80. The molecule has 3 N–H and O–H groups in total. The number of aromatic nitrogens is 3. The zero-order valence-electron chi connectivity index (χ0n) is 15.3. The molecule has 0 saturated heterocycles. The first kappa shape index (κ1) is 20.5. The number of hydrogen-bond acceptors (Lipinski definition) is 7. The van der Waals surface area contributed by atoms with Crippen molar-refractivity contribution < 1.29 is 17.6 Å². The zero-order valence-corrected chi connectivity index (χ0v) is 17.7. The lowest BCUT2D eigenvalue weighted by molar-refractivity contribution is -0.137. The van der Waals surface area contributed by atoms with Gasteiger partial charge in [-0.25, -0.2) is 9.97 Å². The number of nitrogens with one attached hydrogen (secondary N) is 1. The number of nitrogens with zero attached hydrogens (tertiary/aromatic N) is 3. The topological polar surface area (TPSA) is 89.9 Å². The Morgan fingerprint density at radius 3 is 2.47 bits per heavy atom. The first-order chi connectivity index (χ1) is 14.2. The summed E-state index contributed by atoms with van der Waals surface area (Å²) >= 11 is 4.54. The number of rotatable bonds is 4.